The Morgan fingerprint density at radius 2 is 1.73 bits per heavy atom. The Kier molecular flexibility index (Phi) is 9.51. The highest BCUT2D eigenvalue weighted by Gasteiger charge is 2.21. The van der Waals surface area contributed by atoms with Gasteiger partial charge in [-0.2, -0.15) is 0 Å². The summed E-state index contributed by atoms with van der Waals surface area (Å²) < 4.78 is 35.7. The van der Waals surface area contributed by atoms with Gasteiger partial charge in [0, 0.05) is 12.7 Å². The van der Waals surface area contributed by atoms with Gasteiger partial charge in [0.15, 0.2) is 11.5 Å². The van der Waals surface area contributed by atoms with Gasteiger partial charge in [-0.05, 0) is 46.9 Å². The van der Waals surface area contributed by atoms with Crippen molar-refractivity contribution in [3.05, 3.63) is 53.4 Å². The van der Waals surface area contributed by atoms with Gasteiger partial charge in [-0.25, -0.2) is 4.39 Å². The van der Waals surface area contributed by atoms with Crippen molar-refractivity contribution >= 4 is 12.4 Å². The third-order valence-corrected chi connectivity index (χ3v) is 4.54. The number of allylic oxidation sites excluding steroid dienone is 1. The van der Waals surface area contributed by atoms with Crippen LogP contribution in [0.1, 0.15) is 30.9 Å². The number of carbonyl (C=O) groups is 1. The van der Waals surface area contributed by atoms with Gasteiger partial charge in [0.25, 0.3) is 0 Å². The Morgan fingerprint density at radius 1 is 1.03 bits per heavy atom. The summed E-state index contributed by atoms with van der Waals surface area (Å²) in [7, 11) is 3.18. The molecule has 0 aromatic heterocycles. The lowest BCUT2D eigenvalue weighted by Crippen LogP contribution is -2.11. The standard InChI is InChI=1S/C24H29FO5/c1-17(2)21-16-22(30-15-14-29-13-12-27-3)24(28-4)23(20(21)6-5-11-26)18-7-9-19(25)10-8-18/h5-11,16-17H,12-15H2,1-4H3/b6-5+. The number of hydrogen-bond donors (Lipinski definition) is 0. The quantitative estimate of drug-likeness (QED) is 0.280. The Hall–Kier alpha value is -2.70. The highest BCUT2D eigenvalue weighted by atomic mass is 19.1. The number of carbonyl (C=O) groups excluding carboxylic acids is 1. The van der Waals surface area contributed by atoms with E-state index < -0.39 is 0 Å². The minimum Gasteiger partial charge on any atom is -0.492 e. The molecule has 0 saturated carbocycles. The van der Waals surface area contributed by atoms with E-state index in [-0.39, 0.29) is 11.7 Å². The summed E-state index contributed by atoms with van der Waals surface area (Å²) in [5, 5.41) is 0. The van der Waals surface area contributed by atoms with Crippen LogP contribution < -0.4 is 9.47 Å². The molecule has 2 aromatic rings. The number of rotatable bonds is 12. The molecule has 30 heavy (non-hydrogen) atoms. The van der Waals surface area contributed by atoms with Crippen molar-refractivity contribution < 1.29 is 28.1 Å². The zero-order chi connectivity index (χ0) is 21.9. The van der Waals surface area contributed by atoms with Gasteiger partial charge in [0.05, 0.1) is 26.9 Å². The van der Waals surface area contributed by atoms with Crippen molar-refractivity contribution in [1.29, 1.82) is 0 Å². The van der Waals surface area contributed by atoms with Crippen LogP contribution in [0.4, 0.5) is 4.39 Å². The summed E-state index contributed by atoms with van der Waals surface area (Å²) in [4.78, 5) is 11.0. The SMILES string of the molecule is COCCOCCOc1cc(C(C)C)c(/C=C/C=O)c(-c2ccc(F)cc2)c1OC. The molecule has 0 unspecified atom stereocenters. The van der Waals surface area contributed by atoms with E-state index in [4.69, 9.17) is 18.9 Å². The fraction of sp³-hybridized carbons (Fsp3) is 0.375. The molecule has 0 N–H and O–H groups in total. The molecule has 5 nitrogen and oxygen atoms in total. The molecule has 0 fully saturated rings. The van der Waals surface area contributed by atoms with Crippen LogP contribution in [-0.2, 0) is 14.3 Å². The normalized spacial score (nSPS) is 11.3. The molecule has 0 saturated heterocycles. The largest absolute Gasteiger partial charge is 0.492 e. The number of halogens is 1. The van der Waals surface area contributed by atoms with E-state index in [1.54, 1.807) is 32.4 Å². The Labute approximate surface area is 177 Å². The maximum absolute atomic E-state index is 13.5. The van der Waals surface area contributed by atoms with Gasteiger partial charge in [0.1, 0.15) is 18.7 Å². The van der Waals surface area contributed by atoms with Crippen LogP contribution >= 0.6 is 0 Å². The average Bonchev–Trinajstić information content (AvgIpc) is 2.74. The maximum Gasteiger partial charge on any atom is 0.169 e. The minimum atomic E-state index is -0.326. The fourth-order valence-corrected chi connectivity index (χ4v) is 3.14. The fourth-order valence-electron chi connectivity index (χ4n) is 3.14. The zero-order valence-corrected chi connectivity index (χ0v) is 17.9. The van der Waals surface area contributed by atoms with Crippen molar-refractivity contribution in [1.82, 2.24) is 0 Å². The van der Waals surface area contributed by atoms with Crippen LogP contribution in [-0.4, -0.2) is 46.9 Å². The Bertz CT molecular complexity index is 844. The zero-order valence-electron chi connectivity index (χ0n) is 17.9. The summed E-state index contributed by atoms with van der Waals surface area (Å²) in [6, 6.07) is 8.10. The molecule has 0 spiro atoms. The van der Waals surface area contributed by atoms with Crippen molar-refractivity contribution in [2.24, 2.45) is 0 Å². The monoisotopic (exact) mass is 416 g/mol. The van der Waals surface area contributed by atoms with Gasteiger partial charge in [-0.15, -0.1) is 0 Å². The molecule has 2 rings (SSSR count). The number of aldehydes is 1. The number of benzene rings is 2. The second kappa shape index (κ2) is 12.1. The second-order valence-corrected chi connectivity index (χ2v) is 6.90. The van der Waals surface area contributed by atoms with Crippen LogP contribution in [0, 0.1) is 5.82 Å². The molecule has 0 atom stereocenters. The summed E-state index contributed by atoms with van der Waals surface area (Å²) in [5.41, 5.74) is 3.34. The van der Waals surface area contributed by atoms with E-state index in [2.05, 4.69) is 13.8 Å². The third-order valence-electron chi connectivity index (χ3n) is 4.54. The molecule has 0 radical (unpaired) electrons. The molecule has 0 aliphatic heterocycles. The highest BCUT2D eigenvalue weighted by Crippen LogP contribution is 2.45. The summed E-state index contributed by atoms with van der Waals surface area (Å²) in [6.45, 7) is 5.88. The second-order valence-electron chi connectivity index (χ2n) is 6.90. The predicted octanol–water partition coefficient (Wildman–Crippen LogP) is 4.88. The van der Waals surface area contributed by atoms with E-state index in [1.807, 2.05) is 6.07 Å². The van der Waals surface area contributed by atoms with E-state index >= 15 is 0 Å². The van der Waals surface area contributed by atoms with Crippen LogP contribution in [0.3, 0.4) is 0 Å². The topological polar surface area (TPSA) is 54.0 Å². The molecule has 6 heteroatoms. The molecule has 2 aromatic carbocycles. The Balaban J connectivity index is 2.53. The molecular weight excluding hydrogens is 387 g/mol. The molecule has 0 aliphatic carbocycles. The average molecular weight is 416 g/mol. The van der Waals surface area contributed by atoms with Gasteiger partial charge >= 0.3 is 0 Å². The molecule has 0 aliphatic rings. The summed E-state index contributed by atoms with van der Waals surface area (Å²) >= 11 is 0. The lowest BCUT2D eigenvalue weighted by molar-refractivity contribution is -0.104. The number of hydrogen-bond acceptors (Lipinski definition) is 5. The van der Waals surface area contributed by atoms with Crippen molar-refractivity contribution in [2.75, 3.05) is 40.6 Å². The smallest absolute Gasteiger partial charge is 0.169 e. The molecule has 0 bridgehead atoms. The van der Waals surface area contributed by atoms with Gasteiger partial charge in [0.2, 0.25) is 0 Å². The van der Waals surface area contributed by atoms with Crippen LogP contribution in [0.5, 0.6) is 11.5 Å². The summed E-state index contributed by atoms with van der Waals surface area (Å²) in [6.07, 6.45) is 3.92. The van der Waals surface area contributed by atoms with Crippen molar-refractivity contribution in [2.45, 2.75) is 19.8 Å². The van der Waals surface area contributed by atoms with Gasteiger partial charge < -0.3 is 18.9 Å². The van der Waals surface area contributed by atoms with Crippen molar-refractivity contribution in [3.8, 4) is 22.6 Å². The first kappa shape index (κ1) is 23.6. The third kappa shape index (κ3) is 6.15. The van der Waals surface area contributed by atoms with E-state index in [0.717, 1.165) is 28.5 Å². The van der Waals surface area contributed by atoms with Gasteiger partial charge in [-0.1, -0.05) is 32.1 Å². The minimum absolute atomic E-state index is 0.154. The highest BCUT2D eigenvalue weighted by molar-refractivity contribution is 5.87. The van der Waals surface area contributed by atoms with Crippen molar-refractivity contribution in [3.63, 3.8) is 0 Å². The Morgan fingerprint density at radius 3 is 2.33 bits per heavy atom. The summed E-state index contributed by atoms with van der Waals surface area (Å²) in [5.74, 6) is 0.918. The first-order valence-electron chi connectivity index (χ1n) is 9.85. The van der Waals surface area contributed by atoms with E-state index in [9.17, 15) is 9.18 Å². The molecular formula is C24H29FO5. The number of methoxy groups -OCH3 is 2. The maximum atomic E-state index is 13.5. The first-order chi connectivity index (χ1) is 14.5. The molecule has 162 valence electrons. The van der Waals surface area contributed by atoms with Crippen LogP contribution in [0.25, 0.3) is 17.2 Å². The van der Waals surface area contributed by atoms with Crippen LogP contribution in [0.15, 0.2) is 36.4 Å². The molecule has 0 heterocycles. The first-order valence-corrected chi connectivity index (χ1v) is 9.85. The van der Waals surface area contributed by atoms with Crippen LogP contribution in [0.2, 0.25) is 0 Å². The van der Waals surface area contributed by atoms with E-state index in [0.29, 0.717) is 37.9 Å². The number of ether oxygens (including phenoxy) is 4. The lowest BCUT2D eigenvalue weighted by Gasteiger charge is -2.22. The predicted molar refractivity (Wildman–Crippen MR) is 116 cm³/mol. The lowest BCUT2D eigenvalue weighted by atomic mass is 9.88. The van der Waals surface area contributed by atoms with E-state index in [1.165, 1.54) is 18.2 Å². The molecule has 0 amide bonds. The van der Waals surface area contributed by atoms with Gasteiger partial charge in [-0.3, -0.25) is 4.79 Å².